The minimum Gasteiger partial charge on any atom is -0.467 e. The van der Waals surface area contributed by atoms with Crippen LogP contribution in [0.25, 0.3) is 11.5 Å². The smallest absolute Gasteiger partial charge is 0.331 e. The lowest BCUT2D eigenvalue weighted by Crippen LogP contribution is -2.52. The van der Waals surface area contributed by atoms with Gasteiger partial charge < -0.3 is 14.5 Å². The normalized spacial score (nSPS) is 13.4. The van der Waals surface area contributed by atoms with Crippen LogP contribution in [-0.4, -0.2) is 29.5 Å². The largest absolute Gasteiger partial charge is 0.467 e. The van der Waals surface area contributed by atoms with E-state index >= 15 is 0 Å². The summed E-state index contributed by atoms with van der Waals surface area (Å²) < 4.78 is 10.4. The van der Waals surface area contributed by atoms with Crippen LogP contribution in [0.15, 0.2) is 21.2 Å². The summed E-state index contributed by atoms with van der Waals surface area (Å²) in [4.78, 5) is 28.4. The number of carbonyl (C=O) groups excluding carboxylic acids is 2. The molecule has 0 aliphatic heterocycles. The van der Waals surface area contributed by atoms with Crippen molar-refractivity contribution in [1.29, 1.82) is 0 Å². The Morgan fingerprint density at radius 2 is 2.22 bits per heavy atom. The third-order valence-electron chi connectivity index (χ3n) is 3.75. The number of oxazole rings is 1. The van der Waals surface area contributed by atoms with E-state index < -0.39 is 11.5 Å². The molecule has 0 aromatic carbocycles. The summed E-state index contributed by atoms with van der Waals surface area (Å²) >= 11 is 1.55. The maximum absolute atomic E-state index is 12.3. The molecule has 1 amide bonds. The fourth-order valence-corrected chi connectivity index (χ4v) is 2.74. The summed E-state index contributed by atoms with van der Waals surface area (Å²) in [6, 6.07) is 1.91. The van der Waals surface area contributed by atoms with Crippen LogP contribution in [-0.2, 0) is 20.7 Å². The Morgan fingerprint density at radius 1 is 1.48 bits per heavy atom. The Morgan fingerprint density at radius 3 is 2.78 bits per heavy atom. The molecule has 124 valence electrons. The lowest BCUT2D eigenvalue weighted by Gasteiger charge is -2.26. The second kappa shape index (κ2) is 6.95. The maximum atomic E-state index is 12.3. The van der Waals surface area contributed by atoms with Crippen LogP contribution >= 0.6 is 11.3 Å². The molecule has 23 heavy (non-hydrogen) atoms. The maximum Gasteiger partial charge on any atom is 0.331 e. The van der Waals surface area contributed by atoms with E-state index in [0.717, 1.165) is 5.56 Å². The lowest BCUT2D eigenvalue weighted by atomic mass is 9.98. The Hall–Kier alpha value is -2.15. The molecule has 0 saturated heterocycles. The van der Waals surface area contributed by atoms with Crippen molar-refractivity contribution in [1.82, 2.24) is 10.3 Å². The van der Waals surface area contributed by atoms with Gasteiger partial charge in [0.15, 0.2) is 0 Å². The van der Waals surface area contributed by atoms with Crippen LogP contribution in [0.1, 0.15) is 31.7 Å². The number of ether oxygens (including phenoxy) is 1. The van der Waals surface area contributed by atoms with Gasteiger partial charge >= 0.3 is 5.97 Å². The van der Waals surface area contributed by atoms with Crippen molar-refractivity contribution in [2.24, 2.45) is 0 Å². The monoisotopic (exact) mass is 336 g/mol. The van der Waals surface area contributed by atoms with Crippen LogP contribution < -0.4 is 5.32 Å². The van der Waals surface area contributed by atoms with Crippen LogP contribution in [0.4, 0.5) is 0 Å². The van der Waals surface area contributed by atoms with Gasteiger partial charge in [0.2, 0.25) is 11.8 Å². The molecule has 2 heterocycles. The van der Waals surface area contributed by atoms with Crippen molar-refractivity contribution < 1.29 is 18.7 Å². The molecule has 0 radical (unpaired) electrons. The fraction of sp³-hybridized carbons (Fsp3) is 0.438. The van der Waals surface area contributed by atoms with Gasteiger partial charge in [-0.3, -0.25) is 4.79 Å². The third-order valence-corrected chi connectivity index (χ3v) is 4.43. The molecule has 2 aromatic heterocycles. The molecule has 0 unspecified atom stereocenters. The zero-order valence-electron chi connectivity index (χ0n) is 13.6. The second-order valence-electron chi connectivity index (χ2n) is 5.44. The van der Waals surface area contributed by atoms with E-state index in [4.69, 9.17) is 9.15 Å². The number of hydrogen-bond donors (Lipinski definition) is 1. The van der Waals surface area contributed by atoms with E-state index in [1.165, 1.54) is 7.11 Å². The number of nitrogens with one attached hydrogen (secondary N) is 1. The molecule has 7 heteroatoms. The highest BCUT2D eigenvalue weighted by atomic mass is 32.1. The highest BCUT2D eigenvalue weighted by Gasteiger charge is 2.34. The van der Waals surface area contributed by atoms with Crippen molar-refractivity contribution in [3.8, 4) is 11.5 Å². The number of hydrogen-bond acceptors (Lipinski definition) is 6. The van der Waals surface area contributed by atoms with E-state index in [9.17, 15) is 9.59 Å². The first kappa shape index (κ1) is 17.2. The molecule has 1 atom stereocenters. The SMILES string of the molecule is CC[C@@](C)(NC(=O)Cc1nc(-c2ccsc2)oc1C)C(=O)OC. The van der Waals surface area contributed by atoms with Crippen LogP contribution in [0.3, 0.4) is 0 Å². The Kier molecular flexibility index (Phi) is 5.20. The molecule has 2 aromatic rings. The molecule has 0 saturated carbocycles. The van der Waals surface area contributed by atoms with Gasteiger partial charge in [-0.25, -0.2) is 9.78 Å². The van der Waals surface area contributed by atoms with Gasteiger partial charge in [0.1, 0.15) is 11.3 Å². The summed E-state index contributed by atoms with van der Waals surface area (Å²) in [7, 11) is 1.30. The number of esters is 1. The van der Waals surface area contributed by atoms with Crippen molar-refractivity contribution in [3.63, 3.8) is 0 Å². The van der Waals surface area contributed by atoms with Crippen LogP contribution in [0.2, 0.25) is 0 Å². The first-order valence-electron chi connectivity index (χ1n) is 7.28. The topological polar surface area (TPSA) is 81.4 Å². The number of nitrogens with zero attached hydrogens (tertiary/aromatic N) is 1. The second-order valence-corrected chi connectivity index (χ2v) is 6.22. The Labute approximate surface area is 138 Å². The van der Waals surface area contributed by atoms with Gasteiger partial charge in [0.05, 0.1) is 19.2 Å². The van der Waals surface area contributed by atoms with Gasteiger partial charge in [-0.1, -0.05) is 6.92 Å². The molecular weight excluding hydrogens is 316 g/mol. The highest BCUT2D eigenvalue weighted by Crippen LogP contribution is 2.24. The predicted octanol–water partition coefficient (Wildman–Crippen LogP) is 2.71. The fourth-order valence-electron chi connectivity index (χ4n) is 2.11. The number of rotatable bonds is 6. The molecular formula is C16H20N2O4S. The van der Waals surface area contributed by atoms with E-state index in [1.54, 1.807) is 25.2 Å². The average Bonchev–Trinajstić information content (AvgIpc) is 3.16. The molecule has 0 bridgehead atoms. The molecule has 0 aliphatic carbocycles. The molecule has 0 aliphatic rings. The average molecular weight is 336 g/mol. The third kappa shape index (κ3) is 3.79. The van der Waals surface area contributed by atoms with Gasteiger partial charge in [-0.2, -0.15) is 11.3 Å². The summed E-state index contributed by atoms with van der Waals surface area (Å²) in [5.74, 6) is 0.326. The van der Waals surface area contributed by atoms with Crippen molar-refractivity contribution >= 4 is 23.2 Å². The van der Waals surface area contributed by atoms with E-state index in [0.29, 0.717) is 23.8 Å². The Balaban J connectivity index is 2.10. The molecule has 2 rings (SSSR count). The molecule has 6 nitrogen and oxygen atoms in total. The summed E-state index contributed by atoms with van der Waals surface area (Å²) in [6.45, 7) is 5.22. The van der Waals surface area contributed by atoms with Crippen LogP contribution in [0.5, 0.6) is 0 Å². The number of aryl methyl sites for hydroxylation is 1. The van der Waals surface area contributed by atoms with Gasteiger partial charge in [-0.05, 0) is 31.7 Å². The highest BCUT2D eigenvalue weighted by molar-refractivity contribution is 7.08. The Bertz CT molecular complexity index is 693. The minimum atomic E-state index is -1.04. The number of amides is 1. The zero-order chi connectivity index (χ0) is 17.0. The number of methoxy groups -OCH3 is 1. The van der Waals surface area contributed by atoms with Crippen molar-refractivity contribution in [2.75, 3.05) is 7.11 Å². The van der Waals surface area contributed by atoms with E-state index in [1.807, 2.05) is 23.8 Å². The van der Waals surface area contributed by atoms with Crippen molar-refractivity contribution in [3.05, 3.63) is 28.3 Å². The first-order chi connectivity index (χ1) is 10.9. The van der Waals surface area contributed by atoms with Gasteiger partial charge in [-0.15, -0.1) is 0 Å². The first-order valence-corrected chi connectivity index (χ1v) is 8.22. The number of thiophene rings is 1. The van der Waals surface area contributed by atoms with E-state index in [2.05, 4.69) is 10.3 Å². The quantitative estimate of drug-likeness (QED) is 0.820. The molecule has 0 spiro atoms. The standard InChI is InChI=1S/C16H20N2O4S/c1-5-16(3,15(20)21-4)18-13(19)8-12-10(2)22-14(17-12)11-6-7-23-9-11/h6-7,9H,5,8H2,1-4H3,(H,18,19)/t16-/m1/s1. The molecule has 0 fully saturated rings. The van der Waals surface area contributed by atoms with Crippen molar-refractivity contribution in [2.45, 2.75) is 39.2 Å². The summed E-state index contributed by atoms with van der Waals surface area (Å²) in [6.07, 6.45) is 0.482. The van der Waals surface area contributed by atoms with E-state index in [-0.39, 0.29) is 12.3 Å². The summed E-state index contributed by atoms with van der Waals surface area (Å²) in [5, 5.41) is 6.59. The van der Waals surface area contributed by atoms with Crippen LogP contribution in [0, 0.1) is 6.92 Å². The zero-order valence-corrected chi connectivity index (χ0v) is 14.5. The van der Waals surface area contributed by atoms with Gasteiger partial charge in [0, 0.05) is 10.9 Å². The summed E-state index contributed by atoms with van der Waals surface area (Å²) in [5.41, 5.74) is 0.407. The predicted molar refractivity (Wildman–Crippen MR) is 87.1 cm³/mol. The number of carbonyl (C=O) groups is 2. The lowest BCUT2D eigenvalue weighted by molar-refractivity contribution is -0.150. The number of aromatic nitrogens is 1. The molecule has 1 N–H and O–H groups in total. The minimum absolute atomic E-state index is 0.0477. The van der Waals surface area contributed by atoms with Gasteiger partial charge in [0.25, 0.3) is 0 Å².